The molecule has 9 N–H and O–H groups in total. The van der Waals surface area contributed by atoms with Gasteiger partial charge in [0.25, 0.3) is 0 Å². The molecule has 0 spiro atoms. The lowest BCUT2D eigenvalue weighted by Gasteiger charge is -2.46. The topological polar surface area (TPSA) is 228 Å². The van der Waals surface area contributed by atoms with Crippen molar-refractivity contribution in [1.29, 1.82) is 0 Å². The molecule has 14 nitrogen and oxygen atoms in total. The van der Waals surface area contributed by atoms with Crippen LogP contribution in [-0.4, -0.2) is 140 Å². The molecular weight excluding hydrogens is 799 g/mol. The van der Waals surface area contributed by atoms with Gasteiger partial charge in [-0.1, -0.05) is 167 Å². The van der Waals surface area contributed by atoms with Crippen LogP contribution in [0.1, 0.15) is 181 Å². The minimum atomic E-state index is -1.79. The quantitative estimate of drug-likeness (QED) is 0.0267. The van der Waals surface area contributed by atoms with E-state index in [0.717, 1.165) is 12.8 Å². The summed E-state index contributed by atoms with van der Waals surface area (Å²) in [6.45, 7) is 2.39. The molecule has 14 heteroatoms. The lowest BCUT2D eigenvalue weighted by molar-refractivity contribution is -0.359. The zero-order valence-corrected chi connectivity index (χ0v) is 38.4. The van der Waals surface area contributed by atoms with Gasteiger partial charge in [0.15, 0.2) is 12.6 Å². The molecule has 12 unspecified atom stereocenters. The molecular formula is C48H89NO13. The summed E-state index contributed by atoms with van der Waals surface area (Å²) in [6, 6.07) is -0.923. The number of hydrogen-bond donors (Lipinski definition) is 9. The molecule has 2 rings (SSSR count). The molecule has 12 atom stereocenters. The van der Waals surface area contributed by atoms with Crippen molar-refractivity contribution in [2.45, 2.75) is 254 Å². The van der Waals surface area contributed by atoms with Crippen molar-refractivity contribution in [3.05, 3.63) is 24.3 Å². The molecule has 0 saturated carbocycles. The van der Waals surface area contributed by atoms with Crippen LogP contribution in [0, 0.1) is 0 Å². The Morgan fingerprint density at radius 1 is 0.565 bits per heavy atom. The minimum absolute atomic E-state index is 0.224. The summed E-state index contributed by atoms with van der Waals surface area (Å²) in [5.74, 6) is -0.303. The molecule has 1 amide bonds. The van der Waals surface area contributed by atoms with Gasteiger partial charge in [-0.25, -0.2) is 0 Å². The summed E-state index contributed by atoms with van der Waals surface area (Å²) >= 11 is 0. The number of hydrogen-bond acceptors (Lipinski definition) is 13. The number of amides is 1. The zero-order valence-electron chi connectivity index (χ0n) is 38.4. The fourth-order valence-corrected chi connectivity index (χ4v) is 8.12. The molecule has 0 aromatic heterocycles. The van der Waals surface area contributed by atoms with Gasteiger partial charge in [-0.05, 0) is 32.1 Å². The van der Waals surface area contributed by atoms with Gasteiger partial charge < -0.3 is 65.1 Å². The summed E-state index contributed by atoms with van der Waals surface area (Å²) in [5, 5.41) is 85.6. The van der Waals surface area contributed by atoms with Gasteiger partial charge in [-0.15, -0.1) is 0 Å². The highest BCUT2D eigenvalue weighted by Crippen LogP contribution is 2.30. The number of allylic oxidation sites excluding steroid dienone is 3. The van der Waals surface area contributed by atoms with E-state index >= 15 is 0 Å². The second-order valence-electron chi connectivity index (χ2n) is 17.6. The Morgan fingerprint density at radius 2 is 1.03 bits per heavy atom. The maximum Gasteiger partial charge on any atom is 0.220 e. The first-order valence-corrected chi connectivity index (χ1v) is 24.6. The van der Waals surface area contributed by atoms with E-state index in [9.17, 15) is 45.6 Å². The van der Waals surface area contributed by atoms with Gasteiger partial charge in [-0.3, -0.25) is 4.79 Å². The van der Waals surface area contributed by atoms with E-state index < -0.39 is 86.8 Å². The summed E-state index contributed by atoms with van der Waals surface area (Å²) in [7, 11) is 0. The van der Waals surface area contributed by atoms with E-state index in [1.165, 1.54) is 135 Å². The Bertz CT molecular complexity index is 1140. The maximum atomic E-state index is 12.5. The van der Waals surface area contributed by atoms with Gasteiger partial charge in [0.1, 0.15) is 48.8 Å². The van der Waals surface area contributed by atoms with Crippen molar-refractivity contribution >= 4 is 5.91 Å². The Hall–Kier alpha value is -1.53. The lowest BCUT2D eigenvalue weighted by atomic mass is 9.97. The summed E-state index contributed by atoms with van der Waals surface area (Å²) in [6.07, 6.45) is 23.0. The van der Waals surface area contributed by atoms with Crippen LogP contribution in [0.4, 0.5) is 0 Å². The number of aliphatic hydroxyl groups excluding tert-OH is 8. The molecule has 2 aliphatic rings. The first-order chi connectivity index (χ1) is 30.1. The van der Waals surface area contributed by atoms with Gasteiger partial charge in [0, 0.05) is 6.42 Å². The molecule has 0 bridgehead atoms. The maximum absolute atomic E-state index is 12.5. The average Bonchev–Trinajstić information content (AvgIpc) is 3.26. The van der Waals surface area contributed by atoms with Crippen LogP contribution in [0.5, 0.6) is 0 Å². The standard InChI is InChI=1S/C48H89NO13/c1-3-5-6-7-8-9-10-11-12-13-14-15-16-17-18-19-20-21-22-23-24-25-26-27-28-29-30-32-37(52)36(49-40(53)31-4-2)35-59-47-45(58)43(56)46(39(34-51)61-47)62-48-44(57)42(55)41(54)38(33-50)60-48/h26-27,30,32,36-39,41-48,50-52,54-58H,3-25,28-29,31,33-35H2,1-2H3,(H,49,53)/b27-26+,32-30+. The van der Waals surface area contributed by atoms with Crippen LogP contribution in [0.15, 0.2) is 24.3 Å². The third-order valence-electron chi connectivity index (χ3n) is 12.1. The van der Waals surface area contributed by atoms with Crippen molar-refractivity contribution in [3.63, 3.8) is 0 Å². The van der Waals surface area contributed by atoms with Crippen LogP contribution in [-0.2, 0) is 23.7 Å². The zero-order chi connectivity index (χ0) is 45.4. The van der Waals surface area contributed by atoms with Crippen LogP contribution in [0.3, 0.4) is 0 Å². The van der Waals surface area contributed by atoms with Crippen LogP contribution >= 0.6 is 0 Å². The lowest BCUT2D eigenvalue weighted by Crippen LogP contribution is -2.65. The van der Waals surface area contributed by atoms with Crippen LogP contribution in [0.2, 0.25) is 0 Å². The second kappa shape index (κ2) is 35.7. The van der Waals surface area contributed by atoms with Crippen LogP contribution < -0.4 is 5.32 Å². The molecule has 2 saturated heterocycles. The predicted octanol–water partition coefficient (Wildman–Crippen LogP) is 5.77. The van der Waals surface area contributed by atoms with Crippen molar-refractivity contribution < 1.29 is 64.6 Å². The van der Waals surface area contributed by atoms with Crippen molar-refractivity contribution in [2.24, 2.45) is 0 Å². The fraction of sp³-hybridized carbons (Fsp3) is 0.896. The smallest absolute Gasteiger partial charge is 0.220 e. The van der Waals surface area contributed by atoms with Gasteiger partial charge >= 0.3 is 0 Å². The monoisotopic (exact) mass is 888 g/mol. The summed E-state index contributed by atoms with van der Waals surface area (Å²) < 4.78 is 22.4. The molecule has 0 aromatic rings. The molecule has 62 heavy (non-hydrogen) atoms. The second-order valence-corrected chi connectivity index (χ2v) is 17.6. The number of aliphatic hydroxyl groups is 8. The SMILES string of the molecule is CCCCCCCCCCCCCCCCCCCCCCC/C=C/CC/C=C/C(O)C(COC1OC(CO)C(OC2OC(CO)C(O)C(O)C2O)C(O)C1O)NC(=O)CCC. The predicted molar refractivity (Wildman–Crippen MR) is 240 cm³/mol. The van der Waals surface area contributed by atoms with Gasteiger partial charge in [0.05, 0.1) is 32.0 Å². The van der Waals surface area contributed by atoms with Gasteiger partial charge in [-0.2, -0.15) is 0 Å². The number of carbonyl (C=O) groups is 1. The first kappa shape index (κ1) is 56.6. The Balaban J connectivity index is 1.60. The normalized spacial score (nSPS) is 27.9. The number of nitrogens with one attached hydrogen (secondary N) is 1. The van der Waals surface area contributed by atoms with Crippen LogP contribution in [0.25, 0.3) is 0 Å². The molecule has 2 heterocycles. The molecule has 2 aliphatic heterocycles. The minimum Gasteiger partial charge on any atom is -0.394 e. The van der Waals surface area contributed by atoms with E-state index in [1.54, 1.807) is 6.08 Å². The molecule has 364 valence electrons. The van der Waals surface area contributed by atoms with Gasteiger partial charge in [0.2, 0.25) is 5.91 Å². The van der Waals surface area contributed by atoms with E-state index in [-0.39, 0.29) is 18.9 Å². The largest absolute Gasteiger partial charge is 0.394 e. The summed E-state index contributed by atoms with van der Waals surface area (Å²) in [4.78, 5) is 12.5. The van der Waals surface area contributed by atoms with E-state index in [0.29, 0.717) is 12.8 Å². The average molecular weight is 888 g/mol. The molecule has 2 fully saturated rings. The molecule has 0 aromatic carbocycles. The van der Waals surface area contributed by atoms with Crippen molar-refractivity contribution in [2.75, 3.05) is 19.8 Å². The fourth-order valence-electron chi connectivity index (χ4n) is 8.12. The van der Waals surface area contributed by atoms with E-state index in [4.69, 9.17) is 18.9 Å². The van der Waals surface area contributed by atoms with E-state index in [2.05, 4.69) is 24.4 Å². The Kier molecular flexibility index (Phi) is 32.6. The highest BCUT2D eigenvalue weighted by atomic mass is 16.7. The number of carbonyl (C=O) groups excluding carboxylic acids is 1. The molecule has 0 radical (unpaired) electrons. The number of unbranched alkanes of at least 4 members (excludes halogenated alkanes) is 22. The highest BCUT2D eigenvalue weighted by molar-refractivity contribution is 5.76. The van der Waals surface area contributed by atoms with Crippen molar-refractivity contribution in [3.8, 4) is 0 Å². The third kappa shape index (κ3) is 23.1. The Labute approximate surface area is 373 Å². The molecule has 0 aliphatic carbocycles. The number of ether oxygens (including phenoxy) is 4. The highest BCUT2D eigenvalue weighted by Gasteiger charge is 2.51. The first-order valence-electron chi connectivity index (χ1n) is 24.6. The Morgan fingerprint density at radius 3 is 1.55 bits per heavy atom. The van der Waals surface area contributed by atoms with Crippen molar-refractivity contribution in [1.82, 2.24) is 5.32 Å². The number of rotatable bonds is 37. The van der Waals surface area contributed by atoms with E-state index in [1.807, 2.05) is 13.0 Å². The summed E-state index contributed by atoms with van der Waals surface area (Å²) in [5.41, 5.74) is 0. The third-order valence-corrected chi connectivity index (χ3v) is 12.1.